The van der Waals surface area contributed by atoms with Crippen LogP contribution in [0, 0.1) is 5.92 Å². The Hall–Kier alpha value is -5.54. The van der Waals surface area contributed by atoms with E-state index in [9.17, 15) is 24.3 Å². The van der Waals surface area contributed by atoms with Gasteiger partial charge in [0.05, 0.1) is 11.1 Å². The maximum absolute atomic E-state index is 13.4. The number of aryl methyl sites for hydroxylation is 1. The SMILES string of the molecule is CCC(=C(c1ccc(O)cc1)c1ccc(OCCN2CCC(CCCCc3cccc4c3C(=O)N(C3CCC(=O)NC3=O)C4=O)C2)cc1)c1ccccc1. The fraction of sp³-hybridized carbons (Fsp3) is 0.333. The Kier molecular flexibility index (Phi) is 11.3. The van der Waals surface area contributed by atoms with Gasteiger partial charge >= 0.3 is 0 Å². The smallest absolute Gasteiger partial charge is 0.262 e. The number of rotatable bonds is 14. The minimum absolute atomic E-state index is 0.106. The molecule has 0 aromatic heterocycles. The molecule has 0 bridgehead atoms. The van der Waals surface area contributed by atoms with Crippen molar-refractivity contribution in [3.63, 3.8) is 0 Å². The van der Waals surface area contributed by atoms with E-state index in [4.69, 9.17) is 4.74 Å². The number of hydrogen-bond donors (Lipinski definition) is 2. The van der Waals surface area contributed by atoms with Gasteiger partial charge in [0.15, 0.2) is 0 Å². The van der Waals surface area contributed by atoms with E-state index < -0.39 is 23.8 Å². The zero-order valence-electron chi connectivity index (χ0n) is 30.8. The summed E-state index contributed by atoms with van der Waals surface area (Å²) in [4.78, 5) is 54.2. The maximum Gasteiger partial charge on any atom is 0.262 e. The van der Waals surface area contributed by atoms with Crippen LogP contribution in [-0.4, -0.2) is 70.8 Å². The molecule has 0 radical (unpaired) electrons. The van der Waals surface area contributed by atoms with Crippen molar-refractivity contribution in [2.24, 2.45) is 5.92 Å². The van der Waals surface area contributed by atoms with Crippen molar-refractivity contribution >= 4 is 34.8 Å². The Morgan fingerprint density at radius 1 is 0.815 bits per heavy atom. The fourth-order valence-corrected chi connectivity index (χ4v) is 8.21. The lowest BCUT2D eigenvalue weighted by molar-refractivity contribution is -0.136. The molecule has 0 saturated carbocycles. The Labute approximate surface area is 316 Å². The minimum Gasteiger partial charge on any atom is -0.508 e. The molecule has 2 fully saturated rings. The third-order valence-electron chi connectivity index (χ3n) is 11.0. The number of piperidine rings is 1. The van der Waals surface area contributed by atoms with Crippen molar-refractivity contribution in [3.8, 4) is 11.5 Å². The predicted molar refractivity (Wildman–Crippen MR) is 208 cm³/mol. The van der Waals surface area contributed by atoms with Crippen molar-refractivity contribution in [2.75, 3.05) is 26.2 Å². The number of ether oxygens (including phenoxy) is 1. The number of carbonyl (C=O) groups is 4. The van der Waals surface area contributed by atoms with Crippen LogP contribution >= 0.6 is 0 Å². The lowest BCUT2D eigenvalue weighted by atomic mass is 9.88. The number of nitrogens with zero attached hydrogens (tertiary/aromatic N) is 2. The van der Waals surface area contributed by atoms with Gasteiger partial charge in [-0.25, -0.2) is 0 Å². The largest absolute Gasteiger partial charge is 0.508 e. The van der Waals surface area contributed by atoms with Crippen LogP contribution in [0.5, 0.6) is 11.5 Å². The number of amides is 4. The van der Waals surface area contributed by atoms with E-state index in [0.717, 1.165) is 84.7 Å². The van der Waals surface area contributed by atoms with E-state index in [-0.39, 0.29) is 24.5 Å². The predicted octanol–water partition coefficient (Wildman–Crippen LogP) is 7.28. The molecule has 0 spiro atoms. The highest BCUT2D eigenvalue weighted by molar-refractivity contribution is 6.24. The topological polar surface area (TPSA) is 116 Å². The summed E-state index contributed by atoms with van der Waals surface area (Å²) in [7, 11) is 0. The summed E-state index contributed by atoms with van der Waals surface area (Å²) in [5.41, 5.74) is 7.31. The molecule has 3 aliphatic heterocycles. The first-order valence-electron chi connectivity index (χ1n) is 19.2. The Balaban J connectivity index is 0.883. The first kappa shape index (κ1) is 36.8. The van der Waals surface area contributed by atoms with E-state index in [1.54, 1.807) is 24.3 Å². The number of phenolic OH excluding ortho intramolecular Hbond substituents is 1. The van der Waals surface area contributed by atoms with E-state index in [1.807, 2.05) is 36.4 Å². The molecule has 54 heavy (non-hydrogen) atoms. The second-order valence-corrected chi connectivity index (χ2v) is 14.5. The van der Waals surface area contributed by atoms with Crippen molar-refractivity contribution in [1.82, 2.24) is 15.1 Å². The van der Waals surface area contributed by atoms with Crippen LogP contribution in [0.15, 0.2) is 97.1 Å². The van der Waals surface area contributed by atoms with E-state index >= 15 is 0 Å². The molecule has 4 amide bonds. The number of nitrogens with one attached hydrogen (secondary N) is 1. The number of unbranched alkanes of at least 4 members (excludes halogenated alkanes) is 1. The van der Waals surface area contributed by atoms with Crippen LogP contribution < -0.4 is 10.1 Å². The summed E-state index contributed by atoms with van der Waals surface area (Å²) >= 11 is 0. The molecule has 2 atom stereocenters. The second kappa shape index (κ2) is 16.6. The number of benzene rings is 4. The Morgan fingerprint density at radius 2 is 1.56 bits per heavy atom. The molecule has 278 valence electrons. The molecule has 4 aromatic carbocycles. The summed E-state index contributed by atoms with van der Waals surface area (Å²) in [6.07, 6.45) is 5.98. The van der Waals surface area contributed by atoms with Gasteiger partial charge in [-0.1, -0.05) is 80.1 Å². The molecule has 9 nitrogen and oxygen atoms in total. The number of likely N-dealkylation sites (tertiary alicyclic amines) is 1. The lowest BCUT2D eigenvalue weighted by Crippen LogP contribution is -2.54. The van der Waals surface area contributed by atoms with Gasteiger partial charge in [0.2, 0.25) is 11.8 Å². The van der Waals surface area contributed by atoms with Gasteiger partial charge in [-0.15, -0.1) is 0 Å². The molecular formula is C45H47N3O6. The summed E-state index contributed by atoms with van der Waals surface area (Å²) in [5.74, 6) is -0.170. The summed E-state index contributed by atoms with van der Waals surface area (Å²) in [5, 5.41) is 12.2. The number of allylic oxidation sites excluding steroid dienone is 1. The molecule has 3 aliphatic rings. The van der Waals surface area contributed by atoms with Gasteiger partial charge in [-0.05, 0) is 115 Å². The number of hydrogen-bond acceptors (Lipinski definition) is 7. The number of carbonyl (C=O) groups excluding carboxylic acids is 4. The molecule has 3 heterocycles. The molecular weight excluding hydrogens is 679 g/mol. The average molecular weight is 726 g/mol. The summed E-state index contributed by atoms with van der Waals surface area (Å²) in [6.45, 7) is 5.73. The van der Waals surface area contributed by atoms with Gasteiger partial charge in [0, 0.05) is 19.5 Å². The standard InChI is InChI=1S/C45H47N3O6/c1-2-37(31-10-4-3-5-11-31)41(33-15-19-35(49)20-16-33)34-17-21-36(22-18-34)54-28-27-47-26-25-30(29-47)9-6-7-12-32-13-8-14-38-42(32)45(53)48(44(38)52)39-23-24-40(50)46-43(39)51/h3-5,8,10-11,13-22,30,39,49H,2,6-7,9,12,23-29H2,1H3,(H,46,50,51). The molecule has 9 heteroatoms. The Morgan fingerprint density at radius 3 is 2.28 bits per heavy atom. The third kappa shape index (κ3) is 8.01. The molecule has 4 aromatic rings. The minimum atomic E-state index is -0.952. The van der Waals surface area contributed by atoms with Crippen LogP contribution in [0.1, 0.15) is 94.8 Å². The number of phenols is 1. The van der Waals surface area contributed by atoms with Crippen LogP contribution in [0.2, 0.25) is 0 Å². The molecule has 7 rings (SSSR count). The van der Waals surface area contributed by atoms with Crippen LogP contribution in [0.25, 0.3) is 11.1 Å². The van der Waals surface area contributed by atoms with Crippen molar-refractivity contribution < 1.29 is 29.0 Å². The zero-order chi connectivity index (χ0) is 37.6. The van der Waals surface area contributed by atoms with Gasteiger partial charge in [-0.3, -0.25) is 34.3 Å². The third-order valence-corrected chi connectivity index (χ3v) is 11.0. The monoisotopic (exact) mass is 725 g/mol. The van der Waals surface area contributed by atoms with Crippen LogP contribution in [0.4, 0.5) is 0 Å². The van der Waals surface area contributed by atoms with Crippen molar-refractivity contribution in [3.05, 3.63) is 130 Å². The normalized spacial score (nSPS) is 19.2. The highest BCUT2D eigenvalue weighted by atomic mass is 16.5. The highest BCUT2D eigenvalue weighted by Gasteiger charge is 2.45. The van der Waals surface area contributed by atoms with Crippen molar-refractivity contribution in [1.29, 1.82) is 0 Å². The number of fused-ring (bicyclic) bond motifs is 1. The number of imide groups is 2. The second-order valence-electron chi connectivity index (χ2n) is 14.5. The lowest BCUT2D eigenvalue weighted by Gasteiger charge is -2.27. The van der Waals surface area contributed by atoms with Crippen molar-refractivity contribution in [2.45, 2.75) is 64.3 Å². The fourth-order valence-electron chi connectivity index (χ4n) is 8.21. The first-order chi connectivity index (χ1) is 26.3. The summed E-state index contributed by atoms with van der Waals surface area (Å²) in [6, 6.07) is 30.6. The molecule has 0 aliphatic carbocycles. The quantitative estimate of drug-likeness (QED) is 0.0798. The summed E-state index contributed by atoms with van der Waals surface area (Å²) < 4.78 is 6.21. The van der Waals surface area contributed by atoms with Gasteiger partial charge in [0.25, 0.3) is 11.8 Å². The van der Waals surface area contributed by atoms with Gasteiger partial charge < -0.3 is 9.84 Å². The van der Waals surface area contributed by atoms with Gasteiger partial charge in [0.1, 0.15) is 24.1 Å². The Bertz CT molecular complexity index is 2040. The van der Waals surface area contributed by atoms with E-state index in [1.165, 1.54) is 11.1 Å². The van der Waals surface area contributed by atoms with Crippen LogP contribution in [-0.2, 0) is 16.0 Å². The molecule has 2 saturated heterocycles. The van der Waals surface area contributed by atoms with E-state index in [0.29, 0.717) is 30.1 Å². The van der Waals surface area contributed by atoms with E-state index in [2.05, 4.69) is 53.5 Å². The van der Waals surface area contributed by atoms with Gasteiger partial charge in [-0.2, -0.15) is 0 Å². The number of aromatic hydroxyl groups is 1. The zero-order valence-corrected chi connectivity index (χ0v) is 30.8. The first-order valence-corrected chi connectivity index (χ1v) is 19.2. The highest BCUT2D eigenvalue weighted by Crippen LogP contribution is 2.36. The molecule has 2 N–H and O–H groups in total. The molecule has 2 unspecified atom stereocenters. The average Bonchev–Trinajstić information content (AvgIpc) is 3.74. The maximum atomic E-state index is 13.4. The van der Waals surface area contributed by atoms with Crippen LogP contribution in [0.3, 0.4) is 0 Å².